The van der Waals surface area contributed by atoms with Gasteiger partial charge in [-0.25, -0.2) is 9.50 Å². The molecule has 3 heterocycles. The van der Waals surface area contributed by atoms with Crippen LogP contribution in [0.5, 0.6) is 0 Å². The molecule has 1 fully saturated rings. The van der Waals surface area contributed by atoms with Crippen molar-refractivity contribution in [1.82, 2.24) is 19.5 Å². The second kappa shape index (κ2) is 4.64. The number of carbonyl (C=O) groups is 1. The van der Waals surface area contributed by atoms with Gasteiger partial charge in [-0.1, -0.05) is 0 Å². The van der Waals surface area contributed by atoms with Crippen LogP contribution in [0, 0.1) is 6.92 Å². The van der Waals surface area contributed by atoms with E-state index < -0.39 is 0 Å². The van der Waals surface area contributed by atoms with E-state index in [1.54, 1.807) is 16.8 Å². The van der Waals surface area contributed by atoms with Crippen LogP contribution < -0.4 is 0 Å². The smallest absolute Gasteiger partial charge is 0.272 e. The van der Waals surface area contributed by atoms with Crippen molar-refractivity contribution in [2.45, 2.75) is 39.2 Å². The topological polar surface area (TPSA) is 50.5 Å². The number of fused-ring (bicyclic) bond motifs is 1. The highest BCUT2D eigenvalue weighted by atomic mass is 16.2. The fourth-order valence-electron chi connectivity index (χ4n) is 2.72. The highest BCUT2D eigenvalue weighted by molar-refractivity contribution is 5.93. The molecule has 1 aliphatic heterocycles. The van der Waals surface area contributed by atoms with Crippen LogP contribution in [-0.4, -0.2) is 38.0 Å². The van der Waals surface area contributed by atoms with E-state index >= 15 is 0 Å². The largest absolute Gasteiger partial charge is 0.335 e. The average Bonchev–Trinajstić information content (AvgIpc) is 2.78. The van der Waals surface area contributed by atoms with Gasteiger partial charge in [-0.15, -0.1) is 0 Å². The van der Waals surface area contributed by atoms with Crippen molar-refractivity contribution in [3.8, 4) is 0 Å². The molecule has 0 N–H and O–H groups in total. The predicted octanol–water partition coefficient (Wildman–Crippen LogP) is 2.05. The summed E-state index contributed by atoms with van der Waals surface area (Å²) in [5.74, 6) is 0.0581. The number of nitrogens with zero attached hydrogens (tertiary/aromatic N) is 4. The van der Waals surface area contributed by atoms with Gasteiger partial charge in [-0.3, -0.25) is 4.79 Å². The van der Waals surface area contributed by atoms with Gasteiger partial charge in [0.1, 0.15) is 5.69 Å². The molecule has 0 spiro atoms. The van der Waals surface area contributed by atoms with Gasteiger partial charge in [0, 0.05) is 24.8 Å². The Balaban J connectivity index is 2.01. The first-order chi connectivity index (χ1) is 9.16. The van der Waals surface area contributed by atoms with E-state index in [1.165, 1.54) is 6.42 Å². The Morgan fingerprint density at radius 3 is 3.05 bits per heavy atom. The molecule has 5 heteroatoms. The number of rotatable bonds is 1. The lowest BCUT2D eigenvalue weighted by Gasteiger charge is -2.33. The number of likely N-dealkylation sites (tertiary alicyclic amines) is 1. The van der Waals surface area contributed by atoms with Crippen LogP contribution in [0.4, 0.5) is 0 Å². The fraction of sp³-hybridized carbons (Fsp3) is 0.500. The lowest BCUT2D eigenvalue weighted by molar-refractivity contribution is 0.0626. The van der Waals surface area contributed by atoms with E-state index in [4.69, 9.17) is 0 Å². The van der Waals surface area contributed by atoms with Crippen molar-refractivity contribution >= 4 is 11.6 Å². The lowest BCUT2D eigenvalue weighted by Crippen LogP contribution is -2.42. The van der Waals surface area contributed by atoms with Crippen molar-refractivity contribution in [2.24, 2.45) is 0 Å². The third-order valence-electron chi connectivity index (χ3n) is 3.76. The van der Waals surface area contributed by atoms with Crippen LogP contribution in [0.3, 0.4) is 0 Å². The first kappa shape index (κ1) is 12.1. The summed E-state index contributed by atoms with van der Waals surface area (Å²) >= 11 is 0. The van der Waals surface area contributed by atoms with Gasteiger partial charge in [0.15, 0.2) is 5.65 Å². The van der Waals surface area contributed by atoms with Gasteiger partial charge in [-0.05, 0) is 39.2 Å². The number of hydrogen-bond acceptors (Lipinski definition) is 3. The van der Waals surface area contributed by atoms with Crippen molar-refractivity contribution in [1.29, 1.82) is 0 Å². The Kier molecular flexibility index (Phi) is 2.97. The van der Waals surface area contributed by atoms with Gasteiger partial charge in [-0.2, -0.15) is 5.10 Å². The minimum atomic E-state index is 0.0581. The molecule has 2 aromatic heterocycles. The van der Waals surface area contributed by atoms with Crippen molar-refractivity contribution in [3.63, 3.8) is 0 Å². The van der Waals surface area contributed by atoms with E-state index in [2.05, 4.69) is 17.0 Å². The summed E-state index contributed by atoms with van der Waals surface area (Å²) < 4.78 is 1.65. The average molecular weight is 258 g/mol. The Bertz CT molecular complexity index is 619. The molecule has 1 atom stereocenters. The third-order valence-corrected chi connectivity index (χ3v) is 3.76. The summed E-state index contributed by atoms with van der Waals surface area (Å²) in [6.45, 7) is 4.86. The highest BCUT2D eigenvalue weighted by Crippen LogP contribution is 2.19. The number of amides is 1. The van der Waals surface area contributed by atoms with Gasteiger partial charge in [0.05, 0.1) is 5.69 Å². The Morgan fingerprint density at radius 2 is 2.26 bits per heavy atom. The molecule has 1 unspecified atom stereocenters. The SMILES string of the molecule is Cc1cc2nccc(C(=O)N3CCCCC3C)n2n1. The van der Waals surface area contributed by atoms with Crippen LogP contribution in [0.2, 0.25) is 0 Å². The molecule has 5 nitrogen and oxygen atoms in total. The van der Waals surface area contributed by atoms with Crippen molar-refractivity contribution in [2.75, 3.05) is 6.54 Å². The van der Waals surface area contributed by atoms with E-state index in [-0.39, 0.29) is 5.91 Å². The zero-order valence-corrected chi connectivity index (χ0v) is 11.3. The van der Waals surface area contributed by atoms with Crippen LogP contribution in [-0.2, 0) is 0 Å². The molecule has 3 rings (SSSR count). The number of carbonyl (C=O) groups excluding carboxylic acids is 1. The molecular weight excluding hydrogens is 240 g/mol. The van der Waals surface area contributed by atoms with E-state index in [9.17, 15) is 4.79 Å². The molecule has 1 amide bonds. The normalized spacial score (nSPS) is 19.9. The molecule has 1 aliphatic rings. The van der Waals surface area contributed by atoms with E-state index in [0.717, 1.165) is 30.7 Å². The maximum atomic E-state index is 12.7. The van der Waals surface area contributed by atoms with Gasteiger partial charge < -0.3 is 4.90 Å². The summed E-state index contributed by atoms with van der Waals surface area (Å²) in [4.78, 5) is 18.9. The molecule has 0 radical (unpaired) electrons. The Morgan fingerprint density at radius 1 is 1.42 bits per heavy atom. The molecule has 0 aromatic carbocycles. The molecule has 0 saturated carbocycles. The molecule has 1 saturated heterocycles. The van der Waals surface area contributed by atoms with E-state index in [1.807, 2.05) is 17.9 Å². The predicted molar refractivity (Wildman–Crippen MR) is 72.1 cm³/mol. The quantitative estimate of drug-likeness (QED) is 0.786. The molecule has 0 bridgehead atoms. The minimum absolute atomic E-state index is 0.0581. The van der Waals surface area contributed by atoms with Crippen LogP contribution in [0.15, 0.2) is 18.3 Å². The number of piperidine rings is 1. The number of hydrogen-bond donors (Lipinski definition) is 0. The fourth-order valence-corrected chi connectivity index (χ4v) is 2.72. The summed E-state index contributed by atoms with van der Waals surface area (Å²) in [6.07, 6.45) is 5.05. The van der Waals surface area contributed by atoms with Crippen molar-refractivity contribution in [3.05, 3.63) is 29.7 Å². The summed E-state index contributed by atoms with van der Waals surface area (Å²) in [5, 5.41) is 4.36. The van der Waals surface area contributed by atoms with Crippen LogP contribution in [0.25, 0.3) is 5.65 Å². The molecule has 19 heavy (non-hydrogen) atoms. The molecule has 0 aliphatic carbocycles. The second-order valence-corrected chi connectivity index (χ2v) is 5.23. The number of aryl methyl sites for hydroxylation is 1. The van der Waals surface area contributed by atoms with Crippen LogP contribution in [0.1, 0.15) is 42.4 Å². The lowest BCUT2D eigenvalue weighted by atomic mass is 10.0. The summed E-state index contributed by atoms with van der Waals surface area (Å²) in [6, 6.07) is 3.95. The van der Waals surface area contributed by atoms with Crippen LogP contribution >= 0.6 is 0 Å². The standard InChI is InChI=1S/C14H18N4O/c1-10-9-13-15-7-6-12(18(13)16-10)14(19)17-8-4-3-5-11(17)2/h6-7,9,11H,3-5,8H2,1-2H3. The summed E-state index contributed by atoms with van der Waals surface area (Å²) in [5.41, 5.74) is 2.21. The Hall–Kier alpha value is -1.91. The monoisotopic (exact) mass is 258 g/mol. The first-order valence-corrected chi connectivity index (χ1v) is 6.79. The second-order valence-electron chi connectivity index (χ2n) is 5.23. The zero-order valence-electron chi connectivity index (χ0n) is 11.3. The van der Waals surface area contributed by atoms with E-state index in [0.29, 0.717) is 11.7 Å². The maximum Gasteiger partial charge on any atom is 0.272 e. The third kappa shape index (κ3) is 2.09. The van der Waals surface area contributed by atoms with Gasteiger partial charge in [0.2, 0.25) is 0 Å². The maximum absolute atomic E-state index is 12.7. The zero-order chi connectivity index (χ0) is 13.4. The van der Waals surface area contributed by atoms with Crippen molar-refractivity contribution < 1.29 is 4.79 Å². The molecule has 100 valence electrons. The van der Waals surface area contributed by atoms with Gasteiger partial charge in [0.25, 0.3) is 5.91 Å². The minimum Gasteiger partial charge on any atom is -0.335 e. The summed E-state index contributed by atoms with van der Waals surface area (Å²) in [7, 11) is 0. The van der Waals surface area contributed by atoms with Gasteiger partial charge >= 0.3 is 0 Å². The Labute approximate surface area is 112 Å². The number of aromatic nitrogens is 3. The first-order valence-electron chi connectivity index (χ1n) is 6.79. The highest BCUT2D eigenvalue weighted by Gasteiger charge is 2.26. The molecular formula is C14H18N4O. The molecule has 2 aromatic rings.